The summed E-state index contributed by atoms with van der Waals surface area (Å²) in [5, 5.41) is 0. The van der Waals surface area contributed by atoms with Crippen molar-refractivity contribution in [3.05, 3.63) is 0 Å². The molecule has 5 nitrogen and oxygen atoms in total. The number of ether oxygens (including phenoxy) is 1. The van der Waals surface area contributed by atoms with Crippen molar-refractivity contribution in [1.82, 2.24) is 0 Å². The number of hydrogen-bond donors (Lipinski definition) is 0. The summed E-state index contributed by atoms with van der Waals surface area (Å²) in [6.07, 6.45) is 1.53. The van der Waals surface area contributed by atoms with Gasteiger partial charge in [-0.2, -0.15) is 0 Å². The minimum absolute atomic E-state index is 0.344. The Hall–Kier alpha value is -0.143. The molecule has 7 heteroatoms. The van der Waals surface area contributed by atoms with E-state index in [0.29, 0.717) is 12.7 Å². The monoisotopic (exact) mass is 298 g/mol. The maximum Gasteiger partial charge on any atom is 0.500 e. The summed E-state index contributed by atoms with van der Waals surface area (Å²) < 4.78 is 20.9. The number of alkyl halides is 1. The molecule has 0 aliphatic rings. The minimum Gasteiger partial charge on any atom is -0.464 e. The van der Waals surface area contributed by atoms with Crippen LogP contribution in [-0.2, 0) is 22.8 Å². The van der Waals surface area contributed by atoms with Gasteiger partial charge in [0.1, 0.15) is 4.87 Å². The zero-order chi connectivity index (χ0) is 14.2. The van der Waals surface area contributed by atoms with Gasteiger partial charge in [-0.25, -0.2) is 0 Å². The van der Waals surface area contributed by atoms with Crippen molar-refractivity contribution in [1.29, 1.82) is 0 Å². The van der Waals surface area contributed by atoms with Gasteiger partial charge in [0.2, 0.25) is 0 Å². The number of unbranched alkanes of at least 4 members (excludes halogenated alkanes) is 1. The molecule has 108 valence electrons. The van der Waals surface area contributed by atoms with Crippen molar-refractivity contribution in [2.75, 3.05) is 27.9 Å². The molecule has 0 spiro atoms. The second-order valence-electron chi connectivity index (χ2n) is 4.36. The molecule has 0 saturated heterocycles. The van der Waals surface area contributed by atoms with Gasteiger partial charge in [0.15, 0.2) is 0 Å². The van der Waals surface area contributed by atoms with Crippen LogP contribution in [0.1, 0.15) is 26.7 Å². The molecule has 0 aliphatic carbocycles. The Morgan fingerprint density at radius 2 is 1.61 bits per heavy atom. The summed E-state index contributed by atoms with van der Waals surface area (Å²) in [5.41, 5.74) is 0. The highest BCUT2D eigenvalue weighted by Gasteiger charge is 2.36. The second-order valence-corrected chi connectivity index (χ2v) is 8.40. The molecule has 0 fully saturated rings. The van der Waals surface area contributed by atoms with Crippen molar-refractivity contribution in [2.24, 2.45) is 0 Å². The maximum absolute atomic E-state index is 11.4. The Bertz CT molecular complexity index is 242. The van der Waals surface area contributed by atoms with Gasteiger partial charge < -0.3 is 18.0 Å². The van der Waals surface area contributed by atoms with Gasteiger partial charge in [0, 0.05) is 27.4 Å². The van der Waals surface area contributed by atoms with E-state index < -0.39 is 19.6 Å². The fourth-order valence-corrected chi connectivity index (χ4v) is 3.19. The number of rotatable bonds is 9. The summed E-state index contributed by atoms with van der Waals surface area (Å²) >= 11 is 5.81. The van der Waals surface area contributed by atoms with Gasteiger partial charge in [-0.15, -0.1) is 11.6 Å². The molecule has 0 rings (SSSR count). The predicted molar refractivity (Wildman–Crippen MR) is 71.7 cm³/mol. The number of hydrogen-bond acceptors (Lipinski definition) is 5. The topological polar surface area (TPSA) is 54.0 Å². The Morgan fingerprint density at radius 1 is 1.11 bits per heavy atom. The van der Waals surface area contributed by atoms with Gasteiger partial charge in [-0.1, -0.05) is 0 Å². The van der Waals surface area contributed by atoms with Crippen LogP contribution in [0.4, 0.5) is 0 Å². The SMILES string of the molecule is CO[Si](CCCCOC(=O)C(C)(C)Cl)(OC)OC. The van der Waals surface area contributed by atoms with Crippen LogP contribution in [-0.4, -0.2) is 47.6 Å². The van der Waals surface area contributed by atoms with Crippen LogP contribution in [0.3, 0.4) is 0 Å². The minimum atomic E-state index is -2.50. The summed E-state index contributed by atoms with van der Waals surface area (Å²) in [6, 6.07) is 0.693. The average molecular weight is 299 g/mol. The van der Waals surface area contributed by atoms with Gasteiger partial charge >= 0.3 is 14.8 Å². The Balaban J connectivity index is 3.84. The molecule has 0 unspecified atom stereocenters. The third kappa shape index (κ3) is 6.15. The van der Waals surface area contributed by atoms with Crippen LogP contribution in [0.25, 0.3) is 0 Å². The number of carbonyl (C=O) groups excluding carboxylic acids is 1. The molecular weight excluding hydrogens is 276 g/mol. The molecule has 0 aromatic rings. The number of esters is 1. The largest absolute Gasteiger partial charge is 0.500 e. The lowest BCUT2D eigenvalue weighted by molar-refractivity contribution is -0.146. The van der Waals surface area contributed by atoms with Crippen LogP contribution in [0.2, 0.25) is 6.04 Å². The molecule has 0 aromatic carbocycles. The first kappa shape index (κ1) is 17.9. The van der Waals surface area contributed by atoms with E-state index in [1.807, 2.05) is 0 Å². The first-order valence-electron chi connectivity index (χ1n) is 5.83. The van der Waals surface area contributed by atoms with Crippen molar-refractivity contribution < 1.29 is 22.8 Å². The Labute approximate surface area is 115 Å². The third-order valence-electron chi connectivity index (χ3n) is 2.53. The fourth-order valence-electron chi connectivity index (χ4n) is 1.34. The van der Waals surface area contributed by atoms with E-state index in [1.54, 1.807) is 35.2 Å². The third-order valence-corrected chi connectivity index (χ3v) is 5.52. The molecule has 0 heterocycles. The van der Waals surface area contributed by atoms with Gasteiger partial charge in [0.25, 0.3) is 0 Å². The van der Waals surface area contributed by atoms with Crippen molar-refractivity contribution in [2.45, 2.75) is 37.6 Å². The first-order chi connectivity index (χ1) is 8.31. The quantitative estimate of drug-likeness (QED) is 0.283. The molecule has 0 aromatic heterocycles. The van der Waals surface area contributed by atoms with E-state index >= 15 is 0 Å². The molecule has 0 saturated carbocycles. The second kappa shape index (κ2) is 8.11. The van der Waals surface area contributed by atoms with Gasteiger partial charge in [-0.3, -0.25) is 4.79 Å². The zero-order valence-corrected chi connectivity index (χ0v) is 13.5. The first-order valence-corrected chi connectivity index (χ1v) is 8.14. The fraction of sp³-hybridized carbons (Fsp3) is 0.909. The van der Waals surface area contributed by atoms with Crippen LogP contribution in [0.15, 0.2) is 0 Å². The van der Waals surface area contributed by atoms with E-state index in [2.05, 4.69) is 0 Å². The molecular formula is C11H23ClO5Si. The summed E-state index contributed by atoms with van der Waals surface area (Å²) in [7, 11) is 2.24. The van der Waals surface area contributed by atoms with Gasteiger partial charge in [-0.05, 0) is 26.7 Å². The standard InChI is InChI=1S/C11H23ClO5Si/c1-11(2,12)10(13)17-8-6-7-9-18(14-3,15-4)16-5/h6-9H2,1-5H3. The number of halogens is 1. The van der Waals surface area contributed by atoms with E-state index in [0.717, 1.165) is 12.8 Å². The zero-order valence-electron chi connectivity index (χ0n) is 11.7. The van der Waals surface area contributed by atoms with Crippen molar-refractivity contribution in [3.8, 4) is 0 Å². The van der Waals surface area contributed by atoms with E-state index in [4.69, 9.17) is 29.6 Å². The highest BCUT2D eigenvalue weighted by molar-refractivity contribution is 6.60. The van der Waals surface area contributed by atoms with Crippen LogP contribution < -0.4 is 0 Å². The molecule has 0 amide bonds. The van der Waals surface area contributed by atoms with Crippen molar-refractivity contribution in [3.63, 3.8) is 0 Å². The Morgan fingerprint density at radius 3 is 2.00 bits per heavy atom. The van der Waals surface area contributed by atoms with Crippen molar-refractivity contribution >= 4 is 26.4 Å². The summed E-state index contributed by atoms with van der Waals surface area (Å²) in [5.74, 6) is -0.405. The van der Waals surface area contributed by atoms with Gasteiger partial charge in [0.05, 0.1) is 6.61 Å². The molecule has 0 aliphatic heterocycles. The Kier molecular flexibility index (Phi) is 8.05. The van der Waals surface area contributed by atoms with Crippen LogP contribution in [0.5, 0.6) is 0 Å². The van der Waals surface area contributed by atoms with Crippen LogP contribution in [0, 0.1) is 0 Å². The smallest absolute Gasteiger partial charge is 0.464 e. The van der Waals surface area contributed by atoms with E-state index in [-0.39, 0.29) is 0 Å². The predicted octanol–water partition coefficient (Wildman–Crippen LogP) is 2.21. The lowest BCUT2D eigenvalue weighted by Crippen LogP contribution is -2.42. The normalized spacial score (nSPS) is 12.6. The maximum atomic E-state index is 11.4. The van der Waals surface area contributed by atoms with Crippen LogP contribution >= 0.6 is 11.6 Å². The highest BCUT2D eigenvalue weighted by Crippen LogP contribution is 2.17. The molecule has 18 heavy (non-hydrogen) atoms. The summed E-state index contributed by atoms with van der Waals surface area (Å²) in [4.78, 5) is 10.4. The summed E-state index contributed by atoms with van der Waals surface area (Å²) in [6.45, 7) is 3.56. The molecule has 0 bridgehead atoms. The van der Waals surface area contributed by atoms with E-state index in [9.17, 15) is 4.79 Å². The lowest BCUT2D eigenvalue weighted by Gasteiger charge is -2.24. The lowest BCUT2D eigenvalue weighted by atomic mass is 10.2. The molecule has 0 atom stereocenters. The number of carbonyl (C=O) groups is 1. The molecule has 0 N–H and O–H groups in total. The highest BCUT2D eigenvalue weighted by atomic mass is 35.5. The average Bonchev–Trinajstić information content (AvgIpc) is 2.33. The molecule has 0 radical (unpaired) electrons. The van der Waals surface area contributed by atoms with E-state index in [1.165, 1.54) is 0 Å².